The average molecular weight is 262 g/mol. The van der Waals surface area contributed by atoms with Crippen molar-refractivity contribution >= 4 is 16.5 Å². The lowest BCUT2D eigenvalue weighted by atomic mass is 10.0. The summed E-state index contributed by atoms with van der Waals surface area (Å²) >= 11 is 0. The first-order valence-electron chi connectivity index (χ1n) is 7.02. The Labute approximate surface area is 119 Å². The second-order valence-electron chi connectivity index (χ2n) is 4.92. The van der Waals surface area contributed by atoms with E-state index in [9.17, 15) is 0 Å². The average Bonchev–Trinajstić information content (AvgIpc) is 2.53. The summed E-state index contributed by atoms with van der Waals surface area (Å²) in [7, 11) is 0. The molecule has 0 spiro atoms. The van der Waals surface area contributed by atoms with Gasteiger partial charge in [0.25, 0.3) is 0 Å². The highest BCUT2D eigenvalue weighted by Gasteiger charge is 2.10. The summed E-state index contributed by atoms with van der Waals surface area (Å²) in [5.74, 6) is 0. The molecule has 3 rings (SSSR count). The first kappa shape index (κ1) is 12.7. The summed E-state index contributed by atoms with van der Waals surface area (Å²) in [4.78, 5) is 4.18. The van der Waals surface area contributed by atoms with Crippen LogP contribution in [-0.4, -0.2) is 4.98 Å². The number of anilines is 1. The van der Waals surface area contributed by atoms with Gasteiger partial charge in [-0.3, -0.25) is 4.98 Å². The van der Waals surface area contributed by atoms with Gasteiger partial charge in [0.2, 0.25) is 0 Å². The number of hydrogen-bond acceptors (Lipinski definition) is 2. The Balaban J connectivity index is 1.96. The van der Waals surface area contributed by atoms with Crippen molar-refractivity contribution in [1.82, 2.24) is 4.98 Å². The number of benzene rings is 2. The molecule has 1 atom stereocenters. The molecule has 1 heterocycles. The van der Waals surface area contributed by atoms with E-state index in [0.717, 1.165) is 6.42 Å². The Hall–Kier alpha value is -2.35. The lowest BCUT2D eigenvalue weighted by molar-refractivity contribution is 0.750. The van der Waals surface area contributed by atoms with Crippen molar-refractivity contribution in [3.8, 4) is 0 Å². The highest BCUT2D eigenvalue weighted by molar-refractivity contribution is 5.93. The molecule has 1 unspecified atom stereocenters. The van der Waals surface area contributed by atoms with E-state index in [1.54, 1.807) is 0 Å². The molecule has 0 saturated heterocycles. The molecule has 0 aliphatic carbocycles. The summed E-state index contributed by atoms with van der Waals surface area (Å²) in [5, 5.41) is 6.05. The molecule has 2 aromatic carbocycles. The zero-order valence-corrected chi connectivity index (χ0v) is 11.6. The third-order valence-electron chi connectivity index (χ3n) is 3.62. The fourth-order valence-corrected chi connectivity index (χ4v) is 2.54. The fraction of sp³-hybridized carbons (Fsp3) is 0.167. The molecular formula is C18H18N2. The first-order chi connectivity index (χ1) is 9.88. The predicted molar refractivity (Wildman–Crippen MR) is 84.8 cm³/mol. The van der Waals surface area contributed by atoms with Crippen molar-refractivity contribution in [3.05, 3.63) is 72.6 Å². The third kappa shape index (κ3) is 2.50. The molecule has 0 radical (unpaired) electrons. The minimum absolute atomic E-state index is 0.329. The molecule has 0 amide bonds. The van der Waals surface area contributed by atoms with Crippen LogP contribution in [0.25, 0.3) is 10.8 Å². The molecule has 2 nitrogen and oxygen atoms in total. The Kier molecular flexibility index (Phi) is 3.64. The lowest BCUT2D eigenvalue weighted by Gasteiger charge is -2.20. The lowest BCUT2D eigenvalue weighted by Crippen LogP contribution is -2.09. The zero-order chi connectivity index (χ0) is 13.8. The number of hydrogen-bond donors (Lipinski definition) is 1. The van der Waals surface area contributed by atoms with Gasteiger partial charge in [0.1, 0.15) is 0 Å². The highest BCUT2D eigenvalue weighted by Crippen LogP contribution is 2.28. The number of nitrogens with zero attached hydrogens (tertiary/aromatic N) is 1. The summed E-state index contributed by atoms with van der Waals surface area (Å²) in [6, 6.07) is 19.3. The van der Waals surface area contributed by atoms with Crippen LogP contribution in [0.3, 0.4) is 0 Å². The van der Waals surface area contributed by atoms with Crippen LogP contribution >= 0.6 is 0 Å². The van der Waals surface area contributed by atoms with Gasteiger partial charge in [-0.25, -0.2) is 0 Å². The smallest absolute Gasteiger partial charge is 0.0511 e. The van der Waals surface area contributed by atoms with E-state index < -0.39 is 0 Å². The van der Waals surface area contributed by atoms with Gasteiger partial charge in [-0.15, -0.1) is 0 Å². The van der Waals surface area contributed by atoms with Crippen LogP contribution in [0.15, 0.2) is 67.0 Å². The van der Waals surface area contributed by atoms with Crippen LogP contribution in [0.2, 0.25) is 0 Å². The quantitative estimate of drug-likeness (QED) is 0.730. The second kappa shape index (κ2) is 5.74. The van der Waals surface area contributed by atoms with Crippen molar-refractivity contribution in [3.63, 3.8) is 0 Å². The molecule has 0 aliphatic heterocycles. The monoisotopic (exact) mass is 262 g/mol. The largest absolute Gasteiger partial charge is 0.378 e. The van der Waals surface area contributed by atoms with E-state index in [0.29, 0.717) is 6.04 Å². The zero-order valence-electron chi connectivity index (χ0n) is 11.6. The Morgan fingerprint density at radius 1 is 1.00 bits per heavy atom. The normalized spacial score (nSPS) is 12.2. The number of aromatic nitrogens is 1. The van der Waals surface area contributed by atoms with Crippen molar-refractivity contribution in [2.45, 2.75) is 19.4 Å². The van der Waals surface area contributed by atoms with Crippen molar-refractivity contribution in [2.24, 2.45) is 0 Å². The summed E-state index contributed by atoms with van der Waals surface area (Å²) in [6.07, 6.45) is 4.80. The topological polar surface area (TPSA) is 24.9 Å². The van der Waals surface area contributed by atoms with Crippen LogP contribution in [0.1, 0.15) is 24.9 Å². The van der Waals surface area contributed by atoms with Crippen molar-refractivity contribution in [2.75, 3.05) is 5.32 Å². The predicted octanol–water partition coefficient (Wildman–Crippen LogP) is 4.80. The Morgan fingerprint density at radius 2 is 1.85 bits per heavy atom. The number of rotatable bonds is 4. The van der Waals surface area contributed by atoms with E-state index in [1.807, 2.05) is 12.4 Å². The molecule has 0 bridgehead atoms. The highest BCUT2D eigenvalue weighted by atomic mass is 14.9. The first-order valence-corrected chi connectivity index (χ1v) is 7.02. The fourth-order valence-electron chi connectivity index (χ4n) is 2.54. The van der Waals surface area contributed by atoms with Gasteiger partial charge < -0.3 is 5.32 Å². The maximum atomic E-state index is 4.18. The van der Waals surface area contributed by atoms with Gasteiger partial charge in [0.15, 0.2) is 0 Å². The Morgan fingerprint density at radius 3 is 2.65 bits per heavy atom. The third-order valence-corrected chi connectivity index (χ3v) is 3.62. The van der Waals surface area contributed by atoms with Crippen molar-refractivity contribution < 1.29 is 0 Å². The van der Waals surface area contributed by atoms with Crippen LogP contribution in [0.5, 0.6) is 0 Å². The summed E-state index contributed by atoms with van der Waals surface area (Å²) in [5.41, 5.74) is 2.49. The SMILES string of the molecule is CCC(Nc1cccc2cnccc12)c1ccccc1. The Bertz CT molecular complexity index is 687. The van der Waals surface area contributed by atoms with Gasteiger partial charge in [-0.1, -0.05) is 49.4 Å². The molecule has 1 N–H and O–H groups in total. The van der Waals surface area contributed by atoms with E-state index >= 15 is 0 Å². The molecular weight excluding hydrogens is 244 g/mol. The maximum absolute atomic E-state index is 4.18. The molecule has 3 aromatic rings. The minimum atomic E-state index is 0.329. The molecule has 0 aliphatic rings. The van der Waals surface area contributed by atoms with Crippen molar-refractivity contribution in [1.29, 1.82) is 0 Å². The second-order valence-corrected chi connectivity index (χ2v) is 4.92. The number of nitrogens with one attached hydrogen (secondary N) is 1. The maximum Gasteiger partial charge on any atom is 0.0511 e. The molecule has 0 fully saturated rings. The molecule has 100 valence electrons. The van der Waals surface area contributed by atoms with Crippen LogP contribution in [0.4, 0.5) is 5.69 Å². The van der Waals surface area contributed by atoms with Crippen LogP contribution in [-0.2, 0) is 0 Å². The van der Waals surface area contributed by atoms with E-state index in [4.69, 9.17) is 0 Å². The van der Waals surface area contributed by atoms with E-state index in [-0.39, 0.29) is 0 Å². The van der Waals surface area contributed by atoms with Gasteiger partial charge in [0.05, 0.1) is 6.04 Å². The minimum Gasteiger partial charge on any atom is -0.378 e. The van der Waals surface area contributed by atoms with Gasteiger partial charge in [-0.05, 0) is 24.1 Å². The summed E-state index contributed by atoms with van der Waals surface area (Å²) < 4.78 is 0. The molecule has 20 heavy (non-hydrogen) atoms. The van der Waals surface area contributed by atoms with Gasteiger partial charge in [0, 0.05) is 28.9 Å². The molecule has 2 heteroatoms. The molecule has 0 saturated carbocycles. The molecule has 1 aromatic heterocycles. The van der Waals surface area contributed by atoms with Gasteiger partial charge >= 0.3 is 0 Å². The van der Waals surface area contributed by atoms with Gasteiger partial charge in [-0.2, -0.15) is 0 Å². The van der Waals surface area contributed by atoms with E-state index in [2.05, 4.69) is 71.8 Å². The number of fused-ring (bicyclic) bond motifs is 1. The standard InChI is InChI=1S/C18H18N2/c1-2-17(14-7-4-3-5-8-14)20-18-10-6-9-15-13-19-12-11-16(15)18/h3-13,17,20H,2H2,1H3. The van der Waals surface area contributed by atoms with E-state index in [1.165, 1.54) is 22.0 Å². The van der Waals surface area contributed by atoms with Crippen LogP contribution in [0, 0.1) is 0 Å². The van der Waals surface area contributed by atoms with Crippen LogP contribution < -0.4 is 5.32 Å². The summed E-state index contributed by atoms with van der Waals surface area (Å²) in [6.45, 7) is 2.21. The number of pyridine rings is 1.